The molecule has 1 amide bonds. The molecule has 6 heteroatoms. The Morgan fingerprint density at radius 1 is 0.545 bits per heavy atom. The highest BCUT2D eigenvalue weighted by Gasteiger charge is 2.24. The van der Waals surface area contributed by atoms with Gasteiger partial charge in [-0.3, -0.25) is 9.59 Å². The van der Waals surface area contributed by atoms with Crippen LogP contribution < -0.4 is 5.32 Å². The van der Waals surface area contributed by atoms with Crippen molar-refractivity contribution in [2.75, 3.05) is 6.61 Å². The molecule has 3 unspecified atom stereocenters. The third-order valence-electron chi connectivity index (χ3n) is 10.7. The molecule has 0 aromatic carbocycles. The minimum atomic E-state index is -0.789. The van der Waals surface area contributed by atoms with Crippen LogP contribution in [0.25, 0.3) is 0 Å². The summed E-state index contributed by atoms with van der Waals surface area (Å²) in [7, 11) is 0. The van der Waals surface area contributed by atoms with Crippen molar-refractivity contribution in [1.82, 2.24) is 5.32 Å². The molecular formula is C49H91NO5. The van der Waals surface area contributed by atoms with Gasteiger partial charge in [-0.05, 0) is 70.6 Å². The molecule has 3 atom stereocenters. The SMILES string of the molecule is CC/C=C/C/C=C/CCCCCCCCCC(=O)OC(CCCCC/C=C\CCC)CC(=O)NC(CO)C(O)CCCCCCCCCCCCCCCC. The summed E-state index contributed by atoms with van der Waals surface area (Å²) in [5.74, 6) is -0.499. The largest absolute Gasteiger partial charge is 0.462 e. The monoisotopic (exact) mass is 774 g/mol. The maximum absolute atomic E-state index is 13.1. The number of unbranched alkanes of at least 4 members (excludes halogenated alkanes) is 24. The van der Waals surface area contributed by atoms with E-state index >= 15 is 0 Å². The molecule has 322 valence electrons. The fourth-order valence-electron chi connectivity index (χ4n) is 7.12. The van der Waals surface area contributed by atoms with Gasteiger partial charge < -0.3 is 20.3 Å². The van der Waals surface area contributed by atoms with Crippen molar-refractivity contribution in [2.45, 2.75) is 257 Å². The highest BCUT2D eigenvalue weighted by molar-refractivity contribution is 5.77. The number of nitrogens with one attached hydrogen (secondary N) is 1. The Balaban J connectivity index is 4.45. The van der Waals surface area contributed by atoms with E-state index in [1.165, 1.54) is 96.3 Å². The zero-order chi connectivity index (χ0) is 40.3. The molecule has 6 nitrogen and oxygen atoms in total. The number of hydrogen-bond acceptors (Lipinski definition) is 5. The van der Waals surface area contributed by atoms with Crippen LogP contribution in [0.2, 0.25) is 0 Å². The molecule has 0 radical (unpaired) electrons. The molecule has 0 fully saturated rings. The van der Waals surface area contributed by atoms with E-state index in [-0.39, 0.29) is 24.9 Å². The van der Waals surface area contributed by atoms with Crippen LogP contribution in [0.15, 0.2) is 36.5 Å². The average molecular weight is 774 g/mol. The molecule has 0 spiro atoms. The summed E-state index contributed by atoms with van der Waals surface area (Å²) in [5.41, 5.74) is 0. The molecular weight excluding hydrogens is 683 g/mol. The summed E-state index contributed by atoms with van der Waals surface area (Å²) < 4.78 is 5.88. The summed E-state index contributed by atoms with van der Waals surface area (Å²) in [6, 6.07) is -0.704. The summed E-state index contributed by atoms with van der Waals surface area (Å²) in [4.78, 5) is 25.9. The van der Waals surface area contributed by atoms with Gasteiger partial charge in [0, 0.05) is 6.42 Å². The van der Waals surface area contributed by atoms with E-state index in [4.69, 9.17) is 4.74 Å². The first-order valence-corrected chi connectivity index (χ1v) is 23.7. The molecule has 55 heavy (non-hydrogen) atoms. The Hall–Kier alpha value is -1.92. The van der Waals surface area contributed by atoms with E-state index in [1.807, 2.05) is 0 Å². The number of rotatable bonds is 42. The highest BCUT2D eigenvalue weighted by Crippen LogP contribution is 2.17. The van der Waals surface area contributed by atoms with Crippen LogP contribution in [-0.4, -0.2) is 46.9 Å². The molecule has 0 aromatic rings. The first kappa shape index (κ1) is 53.1. The van der Waals surface area contributed by atoms with Gasteiger partial charge in [0.15, 0.2) is 0 Å². The van der Waals surface area contributed by atoms with Crippen molar-refractivity contribution < 1.29 is 24.5 Å². The predicted molar refractivity (Wildman–Crippen MR) is 236 cm³/mol. The highest BCUT2D eigenvalue weighted by atomic mass is 16.5. The molecule has 0 saturated heterocycles. The fourth-order valence-corrected chi connectivity index (χ4v) is 7.12. The number of aliphatic hydroxyl groups is 2. The van der Waals surface area contributed by atoms with E-state index in [0.29, 0.717) is 19.3 Å². The normalized spacial score (nSPS) is 13.6. The molecule has 3 N–H and O–H groups in total. The third kappa shape index (κ3) is 38.7. The molecule has 0 saturated carbocycles. The van der Waals surface area contributed by atoms with Gasteiger partial charge >= 0.3 is 5.97 Å². The number of hydrogen-bond donors (Lipinski definition) is 3. The summed E-state index contributed by atoms with van der Waals surface area (Å²) >= 11 is 0. The van der Waals surface area contributed by atoms with Gasteiger partial charge in [0.1, 0.15) is 6.10 Å². The molecule has 0 aliphatic heterocycles. The first-order chi connectivity index (χ1) is 27.0. The molecule has 0 rings (SSSR count). The van der Waals surface area contributed by atoms with Crippen molar-refractivity contribution in [3.63, 3.8) is 0 Å². The van der Waals surface area contributed by atoms with Gasteiger partial charge in [0.25, 0.3) is 0 Å². The van der Waals surface area contributed by atoms with Gasteiger partial charge in [-0.1, -0.05) is 192 Å². The lowest BCUT2D eigenvalue weighted by molar-refractivity contribution is -0.151. The second kappa shape index (κ2) is 43.2. The lowest BCUT2D eigenvalue weighted by atomic mass is 10.0. The molecule has 0 aromatic heterocycles. The minimum absolute atomic E-state index is 0.0643. The van der Waals surface area contributed by atoms with Crippen molar-refractivity contribution in [1.29, 1.82) is 0 Å². The number of esters is 1. The van der Waals surface area contributed by atoms with Crippen molar-refractivity contribution >= 4 is 11.9 Å². The summed E-state index contributed by atoms with van der Waals surface area (Å²) in [5, 5.41) is 23.6. The van der Waals surface area contributed by atoms with Gasteiger partial charge in [0.2, 0.25) is 5.91 Å². The number of carbonyl (C=O) groups is 2. The standard InChI is InChI=1S/C49H91NO5/c1-4-7-10-13-16-19-21-23-25-27-29-32-35-38-41-47(52)46(44-51)50-48(53)43-45(40-37-34-31-18-15-12-9-6-3)55-49(54)42-39-36-33-30-28-26-24-22-20-17-14-11-8-5-2/h8,11-12,15,17,20,45-47,51-52H,4-7,9-10,13-14,16,18-19,21-44H2,1-3H3,(H,50,53)/b11-8+,15-12-,20-17+. The van der Waals surface area contributed by atoms with E-state index < -0.39 is 18.2 Å². The quantitative estimate of drug-likeness (QED) is 0.0326. The van der Waals surface area contributed by atoms with Crippen molar-refractivity contribution in [2.24, 2.45) is 0 Å². The van der Waals surface area contributed by atoms with Gasteiger partial charge in [0.05, 0.1) is 25.2 Å². The second-order valence-electron chi connectivity index (χ2n) is 16.1. The Morgan fingerprint density at radius 2 is 1.02 bits per heavy atom. The maximum Gasteiger partial charge on any atom is 0.306 e. The lowest BCUT2D eigenvalue weighted by Gasteiger charge is -2.24. The average Bonchev–Trinajstić information content (AvgIpc) is 3.18. The number of allylic oxidation sites excluding steroid dienone is 6. The van der Waals surface area contributed by atoms with E-state index in [9.17, 15) is 19.8 Å². The predicted octanol–water partition coefficient (Wildman–Crippen LogP) is 13.7. The minimum Gasteiger partial charge on any atom is -0.462 e. The van der Waals surface area contributed by atoms with Gasteiger partial charge in [-0.2, -0.15) is 0 Å². The third-order valence-corrected chi connectivity index (χ3v) is 10.7. The van der Waals surface area contributed by atoms with Crippen molar-refractivity contribution in [3.05, 3.63) is 36.5 Å². The Labute approximate surface area is 341 Å². The number of amides is 1. The zero-order valence-corrected chi connectivity index (χ0v) is 36.6. The van der Waals surface area contributed by atoms with Crippen LogP contribution in [0.1, 0.15) is 239 Å². The van der Waals surface area contributed by atoms with E-state index in [1.54, 1.807) is 0 Å². The van der Waals surface area contributed by atoms with Crippen LogP contribution in [0, 0.1) is 0 Å². The number of carbonyl (C=O) groups excluding carboxylic acids is 2. The van der Waals surface area contributed by atoms with Crippen LogP contribution in [0.5, 0.6) is 0 Å². The lowest BCUT2D eigenvalue weighted by Crippen LogP contribution is -2.46. The smallest absolute Gasteiger partial charge is 0.306 e. The van der Waals surface area contributed by atoms with Crippen LogP contribution in [0.4, 0.5) is 0 Å². The van der Waals surface area contributed by atoms with E-state index in [0.717, 1.165) is 96.3 Å². The zero-order valence-electron chi connectivity index (χ0n) is 36.6. The molecule has 0 aliphatic rings. The topological polar surface area (TPSA) is 95.9 Å². The van der Waals surface area contributed by atoms with Crippen LogP contribution in [-0.2, 0) is 14.3 Å². The fraction of sp³-hybridized carbons (Fsp3) is 0.837. The van der Waals surface area contributed by atoms with Gasteiger partial charge in [-0.15, -0.1) is 0 Å². The second-order valence-corrected chi connectivity index (χ2v) is 16.1. The number of ether oxygens (including phenoxy) is 1. The maximum atomic E-state index is 13.1. The van der Waals surface area contributed by atoms with Gasteiger partial charge in [-0.25, -0.2) is 0 Å². The van der Waals surface area contributed by atoms with Crippen LogP contribution >= 0.6 is 0 Å². The first-order valence-electron chi connectivity index (χ1n) is 23.7. The molecule has 0 heterocycles. The van der Waals surface area contributed by atoms with E-state index in [2.05, 4.69) is 62.5 Å². The Kier molecular flexibility index (Phi) is 41.7. The molecule has 0 bridgehead atoms. The summed E-state index contributed by atoms with van der Waals surface area (Å²) in [6.07, 6.45) is 49.3. The van der Waals surface area contributed by atoms with Crippen LogP contribution in [0.3, 0.4) is 0 Å². The van der Waals surface area contributed by atoms with Crippen molar-refractivity contribution in [3.8, 4) is 0 Å². The number of aliphatic hydroxyl groups excluding tert-OH is 2. The summed E-state index contributed by atoms with van der Waals surface area (Å²) in [6.45, 7) is 6.30. The molecule has 0 aliphatic carbocycles. The Bertz CT molecular complexity index is 915. The Morgan fingerprint density at radius 3 is 1.58 bits per heavy atom.